The van der Waals surface area contributed by atoms with Crippen LogP contribution in [0, 0.1) is 5.92 Å². The fourth-order valence-corrected chi connectivity index (χ4v) is 5.28. The van der Waals surface area contributed by atoms with E-state index in [0.29, 0.717) is 23.0 Å². The van der Waals surface area contributed by atoms with Gasteiger partial charge >= 0.3 is 0 Å². The summed E-state index contributed by atoms with van der Waals surface area (Å²) in [6, 6.07) is 14.2. The lowest BCUT2D eigenvalue weighted by atomic mass is 9.84. The highest BCUT2D eigenvalue weighted by molar-refractivity contribution is 5.98. The molecule has 1 N–H and O–H groups in total. The molecule has 6 nitrogen and oxygen atoms in total. The molecule has 2 aromatic carbocycles. The summed E-state index contributed by atoms with van der Waals surface area (Å²) in [4.78, 5) is 28.8. The SMILES string of the molecule is COc1ccc(OC)c(C(C)NC(=O)C2CC3CCCCC3N2C(=O)c2ccccc2)c1. The van der Waals surface area contributed by atoms with Crippen molar-refractivity contribution in [2.75, 3.05) is 14.2 Å². The van der Waals surface area contributed by atoms with E-state index in [1.165, 1.54) is 6.42 Å². The van der Waals surface area contributed by atoms with E-state index in [1.807, 2.05) is 60.4 Å². The second-order valence-corrected chi connectivity index (χ2v) is 8.78. The van der Waals surface area contributed by atoms with Crippen molar-refractivity contribution in [3.8, 4) is 11.5 Å². The number of hydrogen-bond acceptors (Lipinski definition) is 4. The first-order chi connectivity index (χ1) is 15.5. The number of carbonyl (C=O) groups is 2. The molecule has 1 aliphatic heterocycles. The number of likely N-dealkylation sites (tertiary alicyclic amines) is 1. The predicted molar refractivity (Wildman–Crippen MR) is 123 cm³/mol. The first-order valence-electron chi connectivity index (χ1n) is 11.4. The molecule has 2 fully saturated rings. The maximum absolute atomic E-state index is 13.5. The molecule has 4 unspecified atom stereocenters. The maximum atomic E-state index is 13.5. The number of amides is 2. The molecule has 1 aliphatic carbocycles. The lowest BCUT2D eigenvalue weighted by molar-refractivity contribution is -0.125. The summed E-state index contributed by atoms with van der Waals surface area (Å²) < 4.78 is 10.8. The van der Waals surface area contributed by atoms with Crippen LogP contribution in [0.25, 0.3) is 0 Å². The molecule has 2 aliphatic rings. The summed E-state index contributed by atoms with van der Waals surface area (Å²) in [5, 5.41) is 3.14. The van der Waals surface area contributed by atoms with E-state index in [2.05, 4.69) is 5.32 Å². The summed E-state index contributed by atoms with van der Waals surface area (Å²) in [6.45, 7) is 1.93. The van der Waals surface area contributed by atoms with Crippen LogP contribution in [-0.2, 0) is 4.79 Å². The molecule has 1 saturated heterocycles. The van der Waals surface area contributed by atoms with Crippen molar-refractivity contribution in [1.82, 2.24) is 10.2 Å². The van der Waals surface area contributed by atoms with Crippen LogP contribution in [0.15, 0.2) is 48.5 Å². The van der Waals surface area contributed by atoms with E-state index in [1.54, 1.807) is 14.2 Å². The van der Waals surface area contributed by atoms with E-state index in [0.717, 1.165) is 31.2 Å². The van der Waals surface area contributed by atoms with Gasteiger partial charge in [-0.1, -0.05) is 31.0 Å². The van der Waals surface area contributed by atoms with Crippen molar-refractivity contribution >= 4 is 11.8 Å². The Morgan fingerprint density at radius 3 is 2.50 bits per heavy atom. The number of fused-ring (bicyclic) bond motifs is 1. The summed E-state index contributed by atoms with van der Waals surface area (Å²) in [6.07, 6.45) is 5.03. The van der Waals surface area contributed by atoms with Crippen LogP contribution < -0.4 is 14.8 Å². The zero-order valence-corrected chi connectivity index (χ0v) is 19.0. The fourth-order valence-electron chi connectivity index (χ4n) is 5.28. The third-order valence-electron chi connectivity index (χ3n) is 6.91. The lowest BCUT2D eigenvalue weighted by Gasteiger charge is -2.34. The van der Waals surface area contributed by atoms with E-state index in [9.17, 15) is 9.59 Å². The van der Waals surface area contributed by atoms with Crippen LogP contribution in [-0.4, -0.2) is 43.0 Å². The minimum atomic E-state index is -0.463. The number of rotatable bonds is 6. The number of benzene rings is 2. The highest BCUT2D eigenvalue weighted by atomic mass is 16.5. The Labute approximate surface area is 189 Å². The fraction of sp³-hybridized carbons (Fsp3) is 0.462. The molecule has 1 heterocycles. The average molecular weight is 437 g/mol. The molecule has 2 aromatic rings. The van der Waals surface area contributed by atoms with Gasteiger partial charge in [0.15, 0.2) is 0 Å². The van der Waals surface area contributed by atoms with Crippen molar-refractivity contribution in [2.45, 2.75) is 57.2 Å². The Hall–Kier alpha value is -3.02. The number of nitrogens with zero attached hydrogens (tertiary/aromatic N) is 1. The zero-order valence-electron chi connectivity index (χ0n) is 19.0. The summed E-state index contributed by atoms with van der Waals surface area (Å²) in [5.41, 5.74) is 1.48. The molecule has 1 saturated carbocycles. The molecule has 0 bridgehead atoms. The third-order valence-corrected chi connectivity index (χ3v) is 6.91. The van der Waals surface area contributed by atoms with Gasteiger partial charge < -0.3 is 19.7 Å². The lowest BCUT2D eigenvalue weighted by Crippen LogP contribution is -2.50. The van der Waals surface area contributed by atoms with Crippen LogP contribution in [0.5, 0.6) is 11.5 Å². The molecule has 4 rings (SSSR count). The van der Waals surface area contributed by atoms with Gasteiger partial charge in [0.2, 0.25) is 5.91 Å². The molecule has 4 atom stereocenters. The summed E-state index contributed by atoms with van der Waals surface area (Å²) in [5.74, 6) is 1.62. The average Bonchev–Trinajstić information content (AvgIpc) is 3.23. The number of nitrogens with one attached hydrogen (secondary N) is 1. The van der Waals surface area contributed by atoms with Crippen molar-refractivity contribution in [3.05, 3.63) is 59.7 Å². The van der Waals surface area contributed by atoms with Crippen LogP contribution >= 0.6 is 0 Å². The van der Waals surface area contributed by atoms with Gasteiger partial charge in [0.1, 0.15) is 17.5 Å². The number of hydrogen-bond donors (Lipinski definition) is 1. The van der Waals surface area contributed by atoms with Crippen LogP contribution in [0.3, 0.4) is 0 Å². The minimum Gasteiger partial charge on any atom is -0.497 e. The van der Waals surface area contributed by atoms with Crippen LogP contribution in [0.1, 0.15) is 61.0 Å². The number of ether oxygens (including phenoxy) is 2. The quantitative estimate of drug-likeness (QED) is 0.731. The topological polar surface area (TPSA) is 67.9 Å². The standard InChI is InChI=1S/C26H32N2O4/c1-17(21-16-20(31-2)13-14-24(21)32-3)27-25(29)23-15-19-11-7-8-12-22(19)28(23)26(30)18-9-5-4-6-10-18/h4-6,9-10,13-14,16-17,19,22-23H,7-8,11-12,15H2,1-3H3,(H,27,29). The third kappa shape index (κ3) is 4.31. The van der Waals surface area contributed by atoms with Crippen molar-refractivity contribution < 1.29 is 19.1 Å². The van der Waals surface area contributed by atoms with Crippen molar-refractivity contribution in [1.29, 1.82) is 0 Å². The monoisotopic (exact) mass is 436 g/mol. The second kappa shape index (κ2) is 9.63. The van der Waals surface area contributed by atoms with Gasteiger partial charge in [0, 0.05) is 17.2 Å². The molecule has 170 valence electrons. The van der Waals surface area contributed by atoms with Gasteiger partial charge in [-0.2, -0.15) is 0 Å². The number of methoxy groups -OCH3 is 2. The normalized spacial score (nSPS) is 23.2. The van der Waals surface area contributed by atoms with Crippen molar-refractivity contribution in [2.24, 2.45) is 5.92 Å². The summed E-state index contributed by atoms with van der Waals surface area (Å²) >= 11 is 0. The molecule has 0 aromatic heterocycles. The van der Waals surface area contributed by atoms with E-state index >= 15 is 0 Å². The zero-order chi connectivity index (χ0) is 22.7. The van der Waals surface area contributed by atoms with Crippen LogP contribution in [0.2, 0.25) is 0 Å². The number of carbonyl (C=O) groups excluding carboxylic acids is 2. The van der Waals surface area contributed by atoms with Crippen molar-refractivity contribution in [3.63, 3.8) is 0 Å². The molecule has 0 radical (unpaired) electrons. The second-order valence-electron chi connectivity index (χ2n) is 8.78. The molecular weight excluding hydrogens is 404 g/mol. The van der Waals surface area contributed by atoms with Crippen LogP contribution in [0.4, 0.5) is 0 Å². The van der Waals surface area contributed by atoms with E-state index in [-0.39, 0.29) is 23.9 Å². The van der Waals surface area contributed by atoms with Gasteiger partial charge in [-0.05, 0) is 62.4 Å². The van der Waals surface area contributed by atoms with Gasteiger partial charge in [-0.25, -0.2) is 0 Å². The maximum Gasteiger partial charge on any atom is 0.254 e. The van der Waals surface area contributed by atoms with Gasteiger partial charge in [0.25, 0.3) is 5.91 Å². The first kappa shape index (κ1) is 22.2. The summed E-state index contributed by atoms with van der Waals surface area (Å²) in [7, 11) is 3.23. The Morgan fingerprint density at radius 2 is 1.78 bits per heavy atom. The Bertz CT molecular complexity index is 962. The molecule has 0 spiro atoms. The van der Waals surface area contributed by atoms with Gasteiger partial charge in [-0.15, -0.1) is 0 Å². The highest BCUT2D eigenvalue weighted by Crippen LogP contribution is 2.41. The minimum absolute atomic E-state index is 0.0493. The predicted octanol–water partition coefficient (Wildman–Crippen LogP) is 4.35. The highest BCUT2D eigenvalue weighted by Gasteiger charge is 2.47. The largest absolute Gasteiger partial charge is 0.497 e. The van der Waals surface area contributed by atoms with Gasteiger partial charge in [0.05, 0.1) is 20.3 Å². The molecule has 32 heavy (non-hydrogen) atoms. The Kier molecular flexibility index (Phi) is 6.68. The van der Waals surface area contributed by atoms with E-state index in [4.69, 9.17) is 9.47 Å². The Balaban J connectivity index is 1.58. The van der Waals surface area contributed by atoms with E-state index < -0.39 is 6.04 Å². The molecule has 6 heteroatoms. The molecular formula is C26H32N2O4. The Morgan fingerprint density at radius 1 is 1.03 bits per heavy atom. The smallest absolute Gasteiger partial charge is 0.254 e. The van der Waals surface area contributed by atoms with Gasteiger partial charge in [-0.3, -0.25) is 9.59 Å². The molecule has 2 amide bonds. The first-order valence-corrected chi connectivity index (χ1v) is 11.4.